The van der Waals surface area contributed by atoms with Gasteiger partial charge in [0.25, 0.3) is 0 Å². The minimum atomic E-state index is -2.62. The molecule has 2 fully saturated rings. The SMILES string of the molecule is O=C(O)C1C2CCCC1CC(F)(F)C2. The molecule has 2 nitrogen and oxygen atoms in total. The number of carboxylic acids is 1. The maximum absolute atomic E-state index is 13.2. The van der Waals surface area contributed by atoms with E-state index in [-0.39, 0.29) is 24.7 Å². The van der Waals surface area contributed by atoms with E-state index in [0.29, 0.717) is 12.8 Å². The molecule has 0 aromatic carbocycles. The van der Waals surface area contributed by atoms with Gasteiger partial charge in [-0.1, -0.05) is 6.42 Å². The molecule has 2 rings (SSSR count). The molecule has 1 N–H and O–H groups in total. The Morgan fingerprint density at radius 3 is 2.14 bits per heavy atom. The first-order chi connectivity index (χ1) is 6.49. The van der Waals surface area contributed by atoms with Crippen LogP contribution >= 0.6 is 0 Å². The van der Waals surface area contributed by atoms with E-state index < -0.39 is 17.8 Å². The molecule has 0 heterocycles. The maximum Gasteiger partial charge on any atom is 0.307 e. The van der Waals surface area contributed by atoms with Gasteiger partial charge in [0, 0.05) is 12.8 Å². The van der Waals surface area contributed by atoms with E-state index in [2.05, 4.69) is 0 Å². The summed E-state index contributed by atoms with van der Waals surface area (Å²) < 4.78 is 26.3. The maximum atomic E-state index is 13.2. The fourth-order valence-electron chi connectivity index (χ4n) is 3.10. The number of hydrogen-bond acceptors (Lipinski definition) is 1. The molecule has 80 valence electrons. The van der Waals surface area contributed by atoms with Gasteiger partial charge < -0.3 is 5.11 Å². The lowest BCUT2D eigenvalue weighted by Crippen LogP contribution is -2.45. The van der Waals surface area contributed by atoms with Crippen LogP contribution in [0.4, 0.5) is 8.78 Å². The van der Waals surface area contributed by atoms with Crippen molar-refractivity contribution in [3.63, 3.8) is 0 Å². The first kappa shape index (κ1) is 9.87. The fraction of sp³-hybridized carbons (Fsp3) is 0.900. The van der Waals surface area contributed by atoms with Gasteiger partial charge in [0.15, 0.2) is 0 Å². The highest BCUT2D eigenvalue weighted by Crippen LogP contribution is 2.50. The Bertz CT molecular complexity index is 237. The fourth-order valence-corrected chi connectivity index (χ4v) is 3.10. The summed E-state index contributed by atoms with van der Waals surface area (Å²) in [4.78, 5) is 10.9. The molecule has 14 heavy (non-hydrogen) atoms. The van der Waals surface area contributed by atoms with Gasteiger partial charge in [0.05, 0.1) is 5.92 Å². The third-order valence-electron chi connectivity index (χ3n) is 3.57. The summed E-state index contributed by atoms with van der Waals surface area (Å²) in [5, 5.41) is 8.97. The van der Waals surface area contributed by atoms with E-state index in [1.165, 1.54) is 0 Å². The molecule has 4 heteroatoms. The van der Waals surface area contributed by atoms with Gasteiger partial charge in [0.2, 0.25) is 5.92 Å². The molecule has 2 atom stereocenters. The summed E-state index contributed by atoms with van der Waals surface area (Å²) in [5.74, 6) is -4.61. The van der Waals surface area contributed by atoms with E-state index in [1.807, 2.05) is 0 Å². The van der Waals surface area contributed by atoms with Crippen molar-refractivity contribution in [1.82, 2.24) is 0 Å². The lowest BCUT2D eigenvalue weighted by Gasteiger charge is -2.43. The van der Waals surface area contributed by atoms with Crippen molar-refractivity contribution in [2.24, 2.45) is 17.8 Å². The minimum Gasteiger partial charge on any atom is -0.481 e. The average molecular weight is 204 g/mol. The van der Waals surface area contributed by atoms with Crippen molar-refractivity contribution in [3.05, 3.63) is 0 Å². The lowest BCUT2D eigenvalue weighted by atomic mass is 9.63. The van der Waals surface area contributed by atoms with Crippen LogP contribution in [0.1, 0.15) is 32.1 Å². The minimum absolute atomic E-state index is 0.222. The lowest BCUT2D eigenvalue weighted by molar-refractivity contribution is -0.161. The van der Waals surface area contributed by atoms with Crippen LogP contribution in [-0.4, -0.2) is 17.0 Å². The first-order valence-corrected chi connectivity index (χ1v) is 5.10. The van der Waals surface area contributed by atoms with E-state index in [0.717, 1.165) is 6.42 Å². The Kier molecular flexibility index (Phi) is 2.24. The summed E-state index contributed by atoms with van der Waals surface area (Å²) >= 11 is 0. The zero-order valence-corrected chi connectivity index (χ0v) is 7.88. The Balaban J connectivity index is 2.19. The quantitative estimate of drug-likeness (QED) is 0.712. The van der Waals surface area contributed by atoms with Crippen LogP contribution < -0.4 is 0 Å². The van der Waals surface area contributed by atoms with E-state index in [1.54, 1.807) is 0 Å². The van der Waals surface area contributed by atoms with Gasteiger partial charge in [-0.25, -0.2) is 8.78 Å². The summed E-state index contributed by atoms with van der Waals surface area (Å²) in [5.41, 5.74) is 0. The first-order valence-electron chi connectivity index (χ1n) is 5.10. The highest BCUT2D eigenvalue weighted by Gasteiger charge is 2.51. The number of carbonyl (C=O) groups is 1. The zero-order valence-electron chi connectivity index (χ0n) is 7.88. The van der Waals surface area contributed by atoms with Crippen LogP contribution in [0.25, 0.3) is 0 Å². The van der Waals surface area contributed by atoms with Crippen LogP contribution in [0, 0.1) is 17.8 Å². The van der Waals surface area contributed by atoms with Crippen LogP contribution in [0.2, 0.25) is 0 Å². The van der Waals surface area contributed by atoms with Crippen molar-refractivity contribution >= 4 is 5.97 Å². The molecule has 0 saturated heterocycles. The standard InChI is InChI=1S/C10H14F2O2/c11-10(12)4-6-2-1-3-7(5-10)8(6)9(13)14/h6-8H,1-5H2,(H,13,14). The van der Waals surface area contributed by atoms with Crippen LogP contribution in [0.15, 0.2) is 0 Å². The number of aliphatic carboxylic acids is 1. The summed E-state index contributed by atoms with van der Waals surface area (Å²) in [6, 6.07) is 0. The second kappa shape index (κ2) is 3.17. The molecule has 0 spiro atoms. The van der Waals surface area contributed by atoms with Crippen LogP contribution in [0.5, 0.6) is 0 Å². The average Bonchev–Trinajstić information content (AvgIpc) is 1.99. The Hall–Kier alpha value is -0.670. The Labute approximate surface area is 81.3 Å². The molecule has 2 saturated carbocycles. The molecule has 2 unspecified atom stereocenters. The number of rotatable bonds is 1. The normalized spacial score (nSPS) is 40.6. The van der Waals surface area contributed by atoms with E-state index in [4.69, 9.17) is 5.11 Å². The van der Waals surface area contributed by atoms with Gasteiger partial charge in [-0.2, -0.15) is 0 Å². The molecule has 2 bridgehead atoms. The Morgan fingerprint density at radius 1 is 1.21 bits per heavy atom. The predicted octanol–water partition coefficient (Wildman–Crippen LogP) is 2.53. The van der Waals surface area contributed by atoms with Crippen LogP contribution in [0.3, 0.4) is 0 Å². The molecule has 0 amide bonds. The molecule has 2 aliphatic carbocycles. The molecular weight excluding hydrogens is 190 g/mol. The smallest absolute Gasteiger partial charge is 0.307 e. The zero-order chi connectivity index (χ0) is 10.3. The van der Waals surface area contributed by atoms with E-state index in [9.17, 15) is 13.6 Å². The van der Waals surface area contributed by atoms with Crippen LogP contribution in [-0.2, 0) is 4.79 Å². The molecule has 2 aliphatic rings. The van der Waals surface area contributed by atoms with Gasteiger partial charge in [-0.15, -0.1) is 0 Å². The third kappa shape index (κ3) is 1.62. The highest BCUT2D eigenvalue weighted by atomic mass is 19.3. The van der Waals surface area contributed by atoms with Crippen molar-refractivity contribution in [2.75, 3.05) is 0 Å². The molecule has 0 aliphatic heterocycles. The topological polar surface area (TPSA) is 37.3 Å². The second-order valence-corrected chi connectivity index (χ2v) is 4.58. The van der Waals surface area contributed by atoms with Crippen molar-refractivity contribution in [2.45, 2.75) is 38.0 Å². The predicted molar refractivity (Wildman–Crippen MR) is 46.1 cm³/mol. The van der Waals surface area contributed by atoms with Gasteiger partial charge >= 0.3 is 5.97 Å². The summed E-state index contributed by atoms with van der Waals surface area (Å²) in [6.07, 6.45) is 1.78. The van der Waals surface area contributed by atoms with Crippen molar-refractivity contribution in [3.8, 4) is 0 Å². The van der Waals surface area contributed by atoms with Crippen molar-refractivity contribution in [1.29, 1.82) is 0 Å². The van der Waals surface area contributed by atoms with Gasteiger partial charge in [-0.05, 0) is 24.7 Å². The molecule has 0 aromatic heterocycles. The molecule has 0 aromatic rings. The largest absolute Gasteiger partial charge is 0.481 e. The third-order valence-corrected chi connectivity index (χ3v) is 3.57. The monoisotopic (exact) mass is 204 g/mol. The molecular formula is C10H14F2O2. The second-order valence-electron chi connectivity index (χ2n) is 4.58. The number of hydrogen-bond donors (Lipinski definition) is 1. The summed E-state index contributed by atoms with van der Waals surface area (Å²) in [7, 11) is 0. The summed E-state index contributed by atoms with van der Waals surface area (Å²) in [6.45, 7) is 0. The van der Waals surface area contributed by atoms with Crippen molar-refractivity contribution < 1.29 is 18.7 Å². The number of fused-ring (bicyclic) bond motifs is 2. The molecule has 0 radical (unpaired) electrons. The van der Waals surface area contributed by atoms with Gasteiger partial charge in [-0.3, -0.25) is 4.79 Å². The number of carboxylic acid groups (broad SMARTS) is 1. The number of halogens is 2. The Morgan fingerprint density at radius 2 is 1.71 bits per heavy atom. The highest BCUT2D eigenvalue weighted by molar-refractivity contribution is 5.71. The van der Waals surface area contributed by atoms with Gasteiger partial charge in [0.1, 0.15) is 0 Å². The number of alkyl halides is 2. The van der Waals surface area contributed by atoms with E-state index >= 15 is 0 Å².